The molecule has 2 aromatic rings. The Hall–Kier alpha value is -1.89. The van der Waals surface area contributed by atoms with E-state index < -0.39 is 0 Å². The Labute approximate surface area is 103 Å². The van der Waals surface area contributed by atoms with Crippen molar-refractivity contribution >= 4 is 11.5 Å². The molecule has 7 nitrogen and oxygen atoms in total. The Balaban J connectivity index is 1.68. The number of aromatic amines is 1. The van der Waals surface area contributed by atoms with E-state index in [1.165, 1.54) is 10.7 Å². The minimum Gasteiger partial charge on any atom is -0.381 e. The molecule has 0 saturated carbocycles. The van der Waals surface area contributed by atoms with Crippen LogP contribution in [0.1, 0.15) is 12.8 Å². The van der Waals surface area contributed by atoms with Crippen LogP contribution < -0.4 is 11.0 Å². The van der Waals surface area contributed by atoms with Gasteiger partial charge in [0.2, 0.25) is 0 Å². The van der Waals surface area contributed by atoms with E-state index >= 15 is 0 Å². The van der Waals surface area contributed by atoms with Crippen molar-refractivity contribution in [1.29, 1.82) is 0 Å². The Morgan fingerprint density at radius 2 is 2.33 bits per heavy atom. The lowest BCUT2D eigenvalue weighted by Crippen LogP contribution is -2.23. The van der Waals surface area contributed by atoms with Crippen LogP contribution in [0.25, 0.3) is 5.65 Å². The standard InChI is InChI=1S/C11H15N5O2/c17-11-15-14-10-5-9(13-7-16(10)11)12-6-8-1-3-18-4-2-8/h5,7-8,12H,1-4,6H2,(H,15,17). The summed E-state index contributed by atoms with van der Waals surface area (Å²) in [5, 5.41) is 9.56. The molecule has 0 bridgehead atoms. The van der Waals surface area contributed by atoms with Crippen molar-refractivity contribution in [2.75, 3.05) is 25.1 Å². The zero-order valence-electron chi connectivity index (χ0n) is 9.93. The highest BCUT2D eigenvalue weighted by atomic mass is 16.5. The van der Waals surface area contributed by atoms with Crippen LogP contribution in [0.15, 0.2) is 17.2 Å². The Morgan fingerprint density at radius 3 is 3.17 bits per heavy atom. The molecule has 3 heterocycles. The zero-order chi connectivity index (χ0) is 12.4. The predicted molar refractivity (Wildman–Crippen MR) is 65.6 cm³/mol. The van der Waals surface area contributed by atoms with Gasteiger partial charge in [-0.05, 0) is 18.8 Å². The van der Waals surface area contributed by atoms with Gasteiger partial charge >= 0.3 is 5.69 Å². The summed E-state index contributed by atoms with van der Waals surface area (Å²) < 4.78 is 6.69. The van der Waals surface area contributed by atoms with Gasteiger partial charge in [-0.25, -0.2) is 19.3 Å². The summed E-state index contributed by atoms with van der Waals surface area (Å²) in [5.74, 6) is 1.37. The molecule has 0 amide bonds. The maximum absolute atomic E-state index is 11.3. The number of nitrogens with zero attached hydrogens (tertiary/aromatic N) is 3. The first-order chi connectivity index (χ1) is 8.83. The van der Waals surface area contributed by atoms with Gasteiger partial charge in [0.25, 0.3) is 0 Å². The highest BCUT2D eigenvalue weighted by molar-refractivity contribution is 5.48. The number of hydrogen-bond donors (Lipinski definition) is 2. The second-order valence-electron chi connectivity index (χ2n) is 4.47. The first-order valence-corrected chi connectivity index (χ1v) is 6.07. The van der Waals surface area contributed by atoms with Crippen molar-refractivity contribution in [2.24, 2.45) is 5.92 Å². The molecule has 18 heavy (non-hydrogen) atoms. The molecule has 3 rings (SSSR count). The van der Waals surface area contributed by atoms with Crippen LogP contribution in [-0.2, 0) is 4.74 Å². The van der Waals surface area contributed by atoms with Crippen LogP contribution in [-0.4, -0.2) is 39.3 Å². The van der Waals surface area contributed by atoms with E-state index in [0.29, 0.717) is 11.6 Å². The number of fused-ring (bicyclic) bond motifs is 1. The van der Waals surface area contributed by atoms with Gasteiger partial charge in [0.15, 0.2) is 5.65 Å². The summed E-state index contributed by atoms with van der Waals surface area (Å²) in [6.45, 7) is 2.56. The molecule has 0 unspecified atom stereocenters. The first kappa shape index (κ1) is 11.2. The van der Waals surface area contributed by atoms with E-state index in [9.17, 15) is 4.79 Å². The predicted octanol–water partition coefficient (Wildman–Crippen LogP) is 0.256. The van der Waals surface area contributed by atoms with Crippen LogP contribution in [0, 0.1) is 5.92 Å². The zero-order valence-corrected chi connectivity index (χ0v) is 9.93. The van der Waals surface area contributed by atoms with Crippen molar-refractivity contribution in [3.8, 4) is 0 Å². The monoisotopic (exact) mass is 249 g/mol. The number of ether oxygens (including phenoxy) is 1. The van der Waals surface area contributed by atoms with Crippen molar-refractivity contribution < 1.29 is 4.74 Å². The fraction of sp³-hybridized carbons (Fsp3) is 0.545. The van der Waals surface area contributed by atoms with Crippen molar-refractivity contribution in [1.82, 2.24) is 19.6 Å². The van der Waals surface area contributed by atoms with Crippen molar-refractivity contribution in [3.05, 3.63) is 22.9 Å². The second-order valence-corrected chi connectivity index (χ2v) is 4.47. The lowest BCUT2D eigenvalue weighted by Gasteiger charge is -2.22. The number of aromatic nitrogens is 4. The van der Waals surface area contributed by atoms with Crippen LogP contribution in [0.3, 0.4) is 0 Å². The molecule has 2 aromatic heterocycles. The number of hydrogen-bond acceptors (Lipinski definition) is 5. The molecule has 1 saturated heterocycles. The quantitative estimate of drug-likeness (QED) is 0.815. The minimum atomic E-state index is -0.270. The van der Waals surface area contributed by atoms with Crippen molar-refractivity contribution in [2.45, 2.75) is 12.8 Å². The maximum Gasteiger partial charge on any atom is 0.348 e. The van der Waals surface area contributed by atoms with Crippen molar-refractivity contribution in [3.63, 3.8) is 0 Å². The highest BCUT2D eigenvalue weighted by Crippen LogP contribution is 2.15. The minimum absolute atomic E-state index is 0.270. The Morgan fingerprint density at radius 1 is 1.50 bits per heavy atom. The van der Waals surface area contributed by atoms with E-state index in [0.717, 1.165) is 38.4 Å². The molecule has 0 aliphatic carbocycles. The molecule has 0 atom stereocenters. The summed E-state index contributed by atoms with van der Waals surface area (Å²) in [6, 6.07) is 1.76. The summed E-state index contributed by atoms with van der Waals surface area (Å²) in [5.41, 5.74) is 0.304. The normalized spacial score (nSPS) is 17.1. The molecule has 7 heteroatoms. The van der Waals surface area contributed by atoms with Gasteiger partial charge in [0.1, 0.15) is 12.1 Å². The third-order valence-corrected chi connectivity index (χ3v) is 3.22. The van der Waals surface area contributed by atoms with Crippen LogP contribution in [0.5, 0.6) is 0 Å². The Kier molecular flexibility index (Phi) is 2.97. The summed E-state index contributed by atoms with van der Waals surface area (Å²) in [7, 11) is 0. The lowest BCUT2D eigenvalue weighted by molar-refractivity contribution is 0.0699. The molecule has 0 spiro atoms. The maximum atomic E-state index is 11.3. The SMILES string of the molecule is O=c1[nH]nc2cc(NCC3CCOCC3)ncn12. The third kappa shape index (κ3) is 2.21. The van der Waals surface area contributed by atoms with Crippen LogP contribution in [0.2, 0.25) is 0 Å². The largest absolute Gasteiger partial charge is 0.381 e. The third-order valence-electron chi connectivity index (χ3n) is 3.22. The molecule has 0 aromatic carbocycles. The topological polar surface area (TPSA) is 84.3 Å². The average Bonchev–Trinajstić information content (AvgIpc) is 2.79. The molecule has 1 fully saturated rings. The van der Waals surface area contributed by atoms with Gasteiger partial charge in [-0.3, -0.25) is 0 Å². The molecular formula is C11H15N5O2. The van der Waals surface area contributed by atoms with Gasteiger partial charge in [-0.1, -0.05) is 0 Å². The molecule has 1 aliphatic rings. The number of anilines is 1. The van der Waals surface area contributed by atoms with Gasteiger partial charge in [0.05, 0.1) is 0 Å². The van der Waals surface area contributed by atoms with Crippen LogP contribution in [0.4, 0.5) is 5.82 Å². The fourth-order valence-corrected chi connectivity index (χ4v) is 2.11. The number of H-pyrrole nitrogens is 1. The van der Waals surface area contributed by atoms with Crippen LogP contribution >= 0.6 is 0 Å². The number of rotatable bonds is 3. The van der Waals surface area contributed by atoms with E-state index in [2.05, 4.69) is 20.5 Å². The number of nitrogens with one attached hydrogen (secondary N) is 2. The lowest BCUT2D eigenvalue weighted by atomic mass is 10.0. The second kappa shape index (κ2) is 4.77. The van der Waals surface area contributed by atoms with E-state index in [1.807, 2.05) is 0 Å². The summed E-state index contributed by atoms with van der Waals surface area (Å²) in [6.07, 6.45) is 3.64. The Bertz CT molecular complexity index is 584. The highest BCUT2D eigenvalue weighted by Gasteiger charge is 2.13. The molecule has 0 radical (unpaired) electrons. The van der Waals surface area contributed by atoms with Gasteiger partial charge in [-0.15, -0.1) is 0 Å². The molecular weight excluding hydrogens is 234 g/mol. The molecule has 96 valence electrons. The van der Waals surface area contributed by atoms with E-state index in [1.54, 1.807) is 6.07 Å². The summed E-state index contributed by atoms with van der Waals surface area (Å²) >= 11 is 0. The van der Waals surface area contributed by atoms with Gasteiger partial charge < -0.3 is 10.1 Å². The molecule has 1 aliphatic heterocycles. The first-order valence-electron chi connectivity index (χ1n) is 6.07. The molecule has 2 N–H and O–H groups in total. The van der Waals surface area contributed by atoms with Gasteiger partial charge in [0, 0.05) is 25.8 Å². The average molecular weight is 249 g/mol. The smallest absolute Gasteiger partial charge is 0.348 e. The summed E-state index contributed by atoms with van der Waals surface area (Å²) in [4.78, 5) is 15.5. The fourth-order valence-electron chi connectivity index (χ4n) is 2.11. The van der Waals surface area contributed by atoms with E-state index in [-0.39, 0.29) is 5.69 Å². The van der Waals surface area contributed by atoms with E-state index in [4.69, 9.17) is 4.74 Å². The van der Waals surface area contributed by atoms with Gasteiger partial charge in [-0.2, -0.15) is 5.10 Å².